The van der Waals surface area contributed by atoms with E-state index < -0.39 is 17.5 Å². The predicted molar refractivity (Wildman–Crippen MR) is 92.7 cm³/mol. The highest BCUT2D eigenvalue weighted by Crippen LogP contribution is 2.17. The second kappa shape index (κ2) is 8.51. The Hall–Kier alpha value is -1.83. The highest BCUT2D eigenvalue weighted by atomic mass is 32.1. The zero-order chi connectivity index (χ0) is 17.6. The molecule has 4 nitrogen and oxygen atoms in total. The van der Waals surface area contributed by atoms with Crippen LogP contribution in [0.2, 0.25) is 0 Å². The number of benzene rings is 1. The number of carbonyl (C=O) groups excluding carboxylic acids is 1. The molecule has 0 saturated carbocycles. The SMILES string of the molecule is O=C(C[NH+](Cc1cccs1)C[C@@H]1CCCO1)Nc1c(F)cccc1F. The number of rotatable bonds is 7. The van der Waals surface area contributed by atoms with Gasteiger partial charge < -0.3 is 15.0 Å². The molecule has 2 atom stereocenters. The van der Waals surface area contributed by atoms with E-state index in [0.29, 0.717) is 13.1 Å². The van der Waals surface area contributed by atoms with Gasteiger partial charge in [-0.3, -0.25) is 4.79 Å². The molecule has 1 aromatic heterocycles. The molecular weight excluding hydrogens is 346 g/mol. The zero-order valence-electron chi connectivity index (χ0n) is 13.8. The number of para-hydroxylation sites is 1. The fraction of sp³-hybridized carbons (Fsp3) is 0.389. The van der Waals surface area contributed by atoms with E-state index in [9.17, 15) is 13.6 Å². The molecule has 2 heterocycles. The van der Waals surface area contributed by atoms with Gasteiger partial charge in [-0.1, -0.05) is 12.1 Å². The summed E-state index contributed by atoms with van der Waals surface area (Å²) in [7, 11) is 0. The Balaban J connectivity index is 1.64. The van der Waals surface area contributed by atoms with Crippen LogP contribution in [-0.4, -0.2) is 31.7 Å². The molecule has 0 aliphatic carbocycles. The molecule has 1 aliphatic heterocycles. The third kappa shape index (κ3) is 5.07. The van der Waals surface area contributed by atoms with Gasteiger partial charge in [-0.2, -0.15) is 0 Å². The van der Waals surface area contributed by atoms with Crippen LogP contribution in [0.4, 0.5) is 14.5 Å². The van der Waals surface area contributed by atoms with Crippen LogP contribution >= 0.6 is 11.3 Å². The van der Waals surface area contributed by atoms with Crippen molar-refractivity contribution in [3.63, 3.8) is 0 Å². The first kappa shape index (κ1) is 18.0. The third-order valence-corrected chi connectivity index (χ3v) is 5.06. The van der Waals surface area contributed by atoms with Gasteiger partial charge >= 0.3 is 0 Å². The number of nitrogens with one attached hydrogen (secondary N) is 2. The number of ether oxygens (including phenoxy) is 1. The Labute approximate surface area is 149 Å². The number of anilines is 1. The van der Waals surface area contributed by atoms with Crippen LogP contribution in [0.25, 0.3) is 0 Å². The van der Waals surface area contributed by atoms with Crippen LogP contribution in [0.5, 0.6) is 0 Å². The van der Waals surface area contributed by atoms with Crippen LogP contribution in [0.15, 0.2) is 35.7 Å². The van der Waals surface area contributed by atoms with E-state index in [2.05, 4.69) is 5.32 Å². The first-order valence-electron chi connectivity index (χ1n) is 8.33. The monoisotopic (exact) mass is 367 g/mol. The maximum Gasteiger partial charge on any atom is 0.279 e. The number of hydrogen-bond donors (Lipinski definition) is 2. The molecule has 0 spiro atoms. The van der Waals surface area contributed by atoms with E-state index in [0.717, 1.165) is 41.4 Å². The fourth-order valence-electron chi connectivity index (χ4n) is 3.02. The molecule has 7 heteroatoms. The number of hydrogen-bond acceptors (Lipinski definition) is 3. The molecule has 1 amide bonds. The van der Waals surface area contributed by atoms with Gasteiger partial charge in [0, 0.05) is 6.61 Å². The highest BCUT2D eigenvalue weighted by Gasteiger charge is 2.25. The number of carbonyl (C=O) groups is 1. The maximum atomic E-state index is 13.7. The molecule has 1 aliphatic rings. The van der Waals surface area contributed by atoms with Crippen LogP contribution in [-0.2, 0) is 16.1 Å². The summed E-state index contributed by atoms with van der Waals surface area (Å²) in [5, 5.41) is 4.36. The van der Waals surface area contributed by atoms with Gasteiger partial charge in [0.1, 0.15) is 36.5 Å². The van der Waals surface area contributed by atoms with E-state index >= 15 is 0 Å². The summed E-state index contributed by atoms with van der Waals surface area (Å²) in [5.74, 6) is -1.95. The molecule has 1 saturated heterocycles. The van der Waals surface area contributed by atoms with E-state index in [4.69, 9.17) is 4.74 Å². The second-order valence-corrected chi connectivity index (χ2v) is 7.20. The van der Waals surface area contributed by atoms with Crippen molar-refractivity contribution in [3.8, 4) is 0 Å². The molecule has 1 fully saturated rings. The van der Waals surface area contributed by atoms with Gasteiger partial charge in [-0.05, 0) is 36.4 Å². The third-order valence-electron chi connectivity index (χ3n) is 4.18. The van der Waals surface area contributed by atoms with Crippen molar-refractivity contribution in [2.75, 3.05) is 25.0 Å². The van der Waals surface area contributed by atoms with Crippen molar-refractivity contribution >= 4 is 22.9 Å². The average molecular weight is 367 g/mol. The lowest BCUT2D eigenvalue weighted by Gasteiger charge is -2.21. The summed E-state index contributed by atoms with van der Waals surface area (Å²) in [6, 6.07) is 7.52. The highest BCUT2D eigenvalue weighted by molar-refractivity contribution is 7.09. The zero-order valence-corrected chi connectivity index (χ0v) is 14.6. The number of halogens is 2. The summed E-state index contributed by atoms with van der Waals surface area (Å²) in [4.78, 5) is 14.5. The summed E-state index contributed by atoms with van der Waals surface area (Å²) in [6.07, 6.45) is 2.15. The Morgan fingerprint density at radius 2 is 2.08 bits per heavy atom. The van der Waals surface area contributed by atoms with Crippen LogP contribution in [0.1, 0.15) is 17.7 Å². The van der Waals surface area contributed by atoms with E-state index in [1.165, 1.54) is 6.07 Å². The average Bonchev–Trinajstić information content (AvgIpc) is 3.25. The molecule has 25 heavy (non-hydrogen) atoms. The van der Waals surface area contributed by atoms with E-state index in [-0.39, 0.29) is 18.3 Å². The summed E-state index contributed by atoms with van der Waals surface area (Å²) in [5.41, 5.74) is -0.389. The maximum absolute atomic E-state index is 13.7. The molecule has 2 N–H and O–H groups in total. The first-order valence-corrected chi connectivity index (χ1v) is 9.21. The standard InChI is InChI=1S/C18H20F2N2O2S/c19-15-6-1-7-16(20)18(15)21-17(23)12-22(10-13-4-2-8-24-13)11-14-5-3-9-25-14/h1,3,5-7,9,13H,2,4,8,10-12H2,(H,21,23)/p+1/t13-/m0/s1. The Bertz CT molecular complexity index is 683. The van der Waals surface area contributed by atoms with Gasteiger partial charge in [0.15, 0.2) is 6.54 Å². The number of thiophene rings is 1. The Morgan fingerprint density at radius 3 is 2.72 bits per heavy atom. The van der Waals surface area contributed by atoms with Gasteiger partial charge in [0.2, 0.25) is 0 Å². The molecular formula is C18H21F2N2O2S+. The lowest BCUT2D eigenvalue weighted by molar-refractivity contribution is -0.908. The van der Waals surface area contributed by atoms with Crippen molar-refractivity contribution in [2.45, 2.75) is 25.5 Å². The van der Waals surface area contributed by atoms with Crippen molar-refractivity contribution in [3.05, 3.63) is 52.2 Å². The Morgan fingerprint density at radius 1 is 1.28 bits per heavy atom. The normalized spacial score (nSPS) is 18.2. The second-order valence-electron chi connectivity index (χ2n) is 6.17. The molecule has 1 aromatic carbocycles. The van der Waals surface area contributed by atoms with Gasteiger partial charge in [-0.25, -0.2) is 8.78 Å². The molecule has 3 rings (SSSR count). The van der Waals surface area contributed by atoms with Gasteiger partial charge in [0.05, 0.1) is 4.88 Å². The molecule has 134 valence electrons. The van der Waals surface area contributed by atoms with E-state index in [1.807, 2.05) is 17.5 Å². The predicted octanol–water partition coefficient (Wildman–Crippen LogP) is 2.23. The lowest BCUT2D eigenvalue weighted by Crippen LogP contribution is -3.12. The van der Waals surface area contributed by atoms with Gasteiger partial charge in [0.25, 0.3) is 5.91 Å². The van der Waals surface area contributed by atoms with Crippen molar-refractivity contribution in [2.24, 2.45) is 0 Å². The smallest absolute Gasteiger partial charge is 0.279 e. The lowest BCUT2D eigenvalue weighted by atomic mass is 10.2. The van der Waals surface area contributed by atoms with Crippen molar-refractivity contribution in [1.82, 2.24) is 0 Å². The first-order chi connectivity index (χ1) is 12.1. The quantitative estimate of drug-likeness (QED) is 0.788. The minimum atomic E-state index is -0.771. The summed E-state index contributed by atoms with van der Waals surface area (Å²) < 4.78 is 33.1. The fourth-order valence-corrected chi connectivity index (χ4v) is 3.80. The molecule has 0 bridgehead atoms. The molecule has 1 unspecified atom stereocenters. The van der Waals surface area contributed by atoms with Crippen LogP contribution in [0, 0.1) is 11.6 Å². The van der Waals surface area contributed by atoms with Gasteiger partial charge in [-0.15, -0.1) is 11.3 Å². The molecule has 2 aromatic rings. The van der Waals surface area contributed by atoms with Crippen molar-refractivity contribution < 1.29 is 23.2 Å². The summed E-state index contributed by atoms with van der Waals surface area (Å²) in [6.45, 7) is 2.27. The van der Waals surface area contributed by atoms with Crippen molar-refractivity contribution in [1.29, 1.82) is 0 Å². The minimum absolute atomic E-state index is 0.130. The number of amides is 1. The topological polar surface area (TPSA) is 42.8 Å². The van der Waals surface area contributed by atoms with E-state index in [1.54, 1.807) is 11.3 Å². The number of quaternary nitrogens is 1. The molecule has 0 radical (unpaired) electrons. The Kier molecular flexibility index (Phi) is 6.12. The largest absolute Gasteiger partial charge is 0.372 e. The van der Waals surface area contributed by atoms with Crippen LogP contribution in [0.3, 0.4) is 0 Å². The van der Waals surface area contributed by atoms with Crippen LogP contribution < -0.4 is 10.2 Å². The summed E-state index contributed by atoms with van der Waals surface area (Å²) >= 11 is 1.63. The minimum Gasteiger partial charge on any atom is -0.372 e.